The van der Waals surface area contributed by atoms with Crippen LogP contribution in [0.25, 0.3) is 0 Å². The van der Waals surface area contributed by atoms with Crippen molar-refractivity contribution in [3.05, 3.63) is 0 Å². The van der Waals surface area contributed by atoms with Crippen LogP contribution in [0.15, 0.2) is 0 Å². The number of nitrogens with two attached hydrogens (primary N) is 2. The Labute approximate surface area is 111 Å². The van der Waals surface area contributed by atoms with Gasteiger partial charge in [-0.1, -0.05) is 0 Å². The lowest BCUT2D eigenvalue weighted by atomic mass is 9.95. The van der Waals surface area contributed by atoms with Gasteiger partial charge in [0.25, 0.3) is 0 Å². The molecule has 0 aromatic heterocycles. The monoisotopic (exact) mass is 259 g/mol. The molecule has 18 heavy (non-hydrogen) atoms. The minimum absolute atomic E-state index is 0.428. The quantitative estimate of drug-likeness (QED) is 0.566. The number of amides is 1. The predicted octanol–water partition coefficient (Wildman–Crippen LogP) is 0.716. The van der Waals surface area contributed by atoms with Crippen LogP contribution in [-0.2, 0) is 9.53 Å². The first-order chi connectivity index (χ1) is 8.31. The number of ether oxygens (including phenoxy) is 1. The Kier molecular flexibility index (Phi) is 8.15. The van der Waals surface area contributed by atoms with Crippen LogP contribution in [0.2, 0.25) is 0 Å². The zero-order valence-electron chi connectivity index (χ0n) is 12.2. The minimum atomic E-state index is -0.880. The Bertz CT molecular complexity index is 242. The highest BCUT2D eigenvalue weighted by Crippen LogP contribution is 2.11. The fraction of sp³-hybridized carbons (Fsp3) is 0.923. The molecule has 0 radical (unpaired) electrons. The van der Waals surface area contributed by atoms with Crippen molar-refractivity contribution in [1.29, 1.82) is 0 Å². The van der Waals surface area contributed by atoms with Crippen molar-refractivity contribution in [1.82, 2.24) is 4.90 Å². The molecule has 0 bridgehead atoms. The first-order valence-electron chi connectivity index (χ1n) is 6.63. The zero-order valence-corrected chi connectivity index (χ0v) is 12.2. The minimum Gasteiger partial charge on any atom is -0.383 e. The van der Waals surface area contributed by atoms with Crippen LogP contribution in [0.5, 0.6) is 0 Å². The van der Waals surface area contributed by atoms with Gasteiger partial charge in [0.1, 0.15) is 0 Å². The van der Waals surface area contributed by atoms with Crippen molar-refractivity contribution >= 4 is 5.91 Å². The molecule has 1 amide bonds. The second-order valence-corrected chi connectivity index (χ2v) is 5.36. The third kappa shape index (κ3) is 6.93. The second-order valence-electron chi connectivity index (χ2n) is 5.36. The van der Waals surface area contributed by atoms with Crippen molar-refractivity contribution in [2.75, 3.05) is 26.8 Å². The van der Waals surface area contributed by atoms with Gasteiger partial charge >= 0.3 is 0 Å². The summed E-state index contributed by atoms with van der Waals surface area (Å²) >= 11 is 0. The van der Waals surface area contributed by atoms with Crippen LogP contribution in [0.4, 0.5) is 0 Å². The van der Waals surface area contributed by atoms with E-state index < -0.39 is 11.4 Å². The highest BCUT2D eigenvalue weighted by atomic mass is 16.5. The third-order valence-corrected chi connectivity index (χ3v) is 3.27. The van der Waals surface area contributed by atoms with Gasteiger partial charge < -0.3 is 16.2 Å². The highest BCUT2D eigenvalue weighted by Gasteiger charge is 2.24. The Hall–Kier alpha value is -0.650. The number of hydrogen-bond acceptors (Lipinski definition) is 4. The number of methoxy groups -OCH3 is 1. The van der Waals surface area contributed by atoms with Gasteiger partial charge in [-0.15, -0.1) is 0 Å². The first-order valence-corrected chi connectivity index (χ1v) is 6.63. The summed E-state index contributed by atoms with van der Waals surface area (Å²) in [5.41, 5.74) is 10.2. The van der Waals surface area contributed by atoms with Gasteiger partial charge in [0.2, 0.25) is 5.91 Å². The van der Waals surface area contributed by atoms with E-state index in [4.69, 9.17) is 16.2 Å². The molecule has 0 aromatic rings. The molecule has 1 unspecified atom stereocenters. The van der Waals surface area contributed by atoms with E-state index in [1.807, 2.05) is 0 Å². The van der Waals surface area contributed by atoms with E-state index >= 15 is 0 Å². The van der Waals surface area contributed by atoms with Gasteiger partial charge in [0.05, 0.1) is 12.1 Å². The molecule has 5 heteroatoms. The zero-order chi connectivity index (χ0) is 14.2. The number of hydrogen-bond donors (Lipinski definition) is 2. The average molecular weight is 259 g/mol. The largest absolute Gasteiger partial charge is 0.383 e. The molecule has 0 aliphatic carbocycles. The summed E-state index contributed by atoms with van der Waals surface area (Å²) in [5, 5.41) is 0. The van der Waals surface area contributed by atoms with E-state index in [0.29, 0.717) is 12.5 Å². The van der Waals surface area contributed by atoms with Crippen LogP contribution in [0.1, 0.15) is 40.0 Å². The van der Waals surface area contributed by atoms with Crippen LogP contribution >= 0.6 is 0 Å². The Morgan fingerprint density at radius 2 is 1.94 bits per heavy atom. The highest BCUT2D eigenvalue weighted by molar-refractivity contribution is 5.83. The van der Waals surface area contributed by atoms with E-state index in [9.17, 15) is 4.79 Å². The van der Waals surface area contributed by atoms with Crippen LogP contribution in [-0.4, -0.2) is 49.2 Å². The molecule has 0 fully saturated rings. The van der Waals surface area contributed by atoms with Gasteiger partial charge in [0.15, 0.2) is 0 Å². The van der Waals surface area contributed by atoms with Crippen molar-refractivity contribution in [2.24, 2.45) is 11.5 Å². The molecule has 1 atom stereocenters. The average Bonchev–Trinajstić information content (AvgIpc) is 2.27. The molecule has 0 saturated carbocycles. The summed E-state index contributed by atoms with van der Waals surface area (Å²) in [4.78, 5) is 13.4. The summed E-state index contributed by atoms with van der Waals surface area (Å²) < 4.78 is 5.09. The Balaban J connectivity index is 3.89. The van der Waals surface area contributed by atoms with Crippen molar-refractivity contribution in [2.45, 2.75) is 51.6 Å². The van der Waals surface area contributed by atoms with Crippen LogP contribution in [0, 0.1) is 0 Å². The topological polar surface area (TPSA) is 81.6 Å². The summed E-state index contributed by atoms with van der Waals surface area (Å²) in [6, 6.07) is 0.501. The maximum absolute atomic E-state index is 11.1. The van der Waals surface area contributed by atoms with Gasteiger partial charge in [-0.3, -0.25) is 9.69 Å². The van der Waals surface area contributed by atoms with E-state index in [-0.39, 0.29) is 0 Å². The molecule has 0 aromatic carbocycles. The molecule has 0 aliphatic rings. The summed E-state index contributed by atoms with van der Waals surface area (Å²) in [5.74, 6) is -0.428. The Morgan fingerprint density at radius 3 is 2.39 bits per heavy atom. The van der Waals surface area contributed by atoms with Gasteiger partial charge in [-0.2, -0.15) is 0 Å². The van der Waals surface area contributed by atoms with E-state index in [1.165, 1.54) is 0 Å². The number of carbonyl (C=O) groups is 1. The number of nitrogens with zero attached hydrogens (tertiary/aromatic N) is 1. The predicted molar refractivity (Wildman–Crippen MR) is 74.2 cm³/mol. The van der Waals surface area contributed by atoms with Gasteiger partial charge in [-0.05, 0) is 46.6 Å². The second kappa shape index (κ2) is 8.45. The van der Waals surface area contributed by atoms with E-state index in [0.717, 1.165) is 32.5 Å². The normalized spacial score (nSPS) is 15.1. The molecule has 0 aliphatic heterocycles. The third-order valence-electron chi connectivity index (χ3n) is 3.27. The molecule has 0 rings (SSSR count). The standard InChI is InChI=1S/C13H29N3O2/c1-11(2)16(9-10-18-4)8-6-5-7-13(3,15)12(14)17/h11H,5-10,15H2,1-4H3,(H2,14,17). The SMILES string of the molecule is COCCN(CCCCC(C)(N)C(N)=O)C(C)C. The number of rotatable bonds is 10. The smallest absolute Gasteiger partial charge is 0.237 e. The lowest BCUT2D eigenvalue weighted by Crippen LogP contribution is -2.49. The first kappa shape index (κ1) is 17.4. The Morgan fingerprint density at radius 1 is 1.33 bits per heavy atom. The molecule has 108 valence electrons. The summed E-state index contributed by atoms with van der Waals surface area (Å²) in [6.45, 7) is 8.71. The molecule has 0 heterocycles. The van der Waals surface area contributed by atoms with Gasteiger partial charge in [-0.25, -0.2) is 0 Å². The molecular weight excluding hydrogens is 230 g/mol. The molecular formula is C13H29N3O2. The van der Waals surface area contributed by atoms with Crippen molar-refractivity contribution < 1.29 is 9.53 Å². The van der Waals surface area contributed by atoms with Crippen LogP contribution in [0.3, 0.4) is 0 Å². The summed E-state index contributed by atoms with van der Waals surface area (Å²) in [7, 11) is 1.71. The van der Waals surface area contributed by atoms with Crippen molar-refractivity contribution in [3.8, 4) is 0 Å². The molecule has 0 saturated heterocycles. The fourth-order valence-corrected chi connectivity index (χ4v) is 1.77. The lowest BCUT2D eigenvalue weighted by Gasteiger charge is -2.27. The molecule has 0 spiro atoms. The van der Waals surface area contributed by atoms with E-state index in [2.05, 4.69) is 18.7 Å². The number of carbonyl (C=O) groups excluding carboxylic acids is 1. The maximum atomic E-state index is 11.1. The molecule has 4 N–H and O–H groups in total. The summed E-state index contributed by atoms with van der Waals surface area (Å²) in [6.07, 6.45) is 2.56. The maximum Gasteiger partial charge on any atom is 0.237 e. The number of primary amides is 1. The lowest BCUT2D eigenvalue weighted by molar-refractivity contribution is -0.122. The van der Waals surface area contributed by atoms with Crippen molar-refractivity contribution in [3.63, 3.8) is 0 Å². The fourth-order valence-electron chi connectivity index (χ4n) is 1.77. The van der Waals surface area contributed by atoms with E-state index in [1.54, 1.807) is 14.0 Å². The van der Waals surface area contributed by atoms with Crippen LogP contribution < -0.4 is 11.5 Å². The molecule has 5 nitrogen and oxygen atoms in total. The van der Waals surface area contributed by atoms with Gasteiger partial charge in [0, 0.05) is 19.7 Å². The number of unbranched alkanes of at least 4 members (excludes halogenated alkanes) is 1.